The second-order valence-corrected chi connectivity index (χ2v) is 7.95. The van der Waals surface area contributed by atoms with Gasteiger partial charge in [-0.15, -0.1) is 0 Å². The smallest absolute Gasteiger partial charge is 0.225 e. The van der Waals surface area contributed by atoms with Crippen LogP contribution in [0.4, 0.5) is 0 Å². The molecule has 1 amide bonds. The first kappa shape index (κ1) is 21.7. The summed E-state index contributed by atoms with van der Waals surface area (Å²) in [4.78, 5) is 26.0. The average Bonchev–Trinajstić information content (AvgIpc) is 3.18. The molecule has 2 aromatic rings. The highest BCUT2D eigenvalue weighted by Gasteiger charge is 2.20. The summed E-state index contributed by atoms with van der Waals surface area (Å²) in [6, 6.07) is 16.3. The molecule has 0 radical (unpaired) electrons. The second-order valence-electron chi connectivity index (χ2n) is 7.95. The number of ketones is 1. The summed E-state index contributed by atoms with van der Waals surface area (Å²) in [6.45, 7) is 4.63. The molecule has 4 nitrogen and oxygen atoms in total. The molecule has 0 spiro atoms. The van der Waals surface area contributed by atoms with Gasteiger partial charge >= 0.3 is 0 Å². The van der Waals surface area contributed by atoms with Crippen LogP contribution in [0.25, 0.3) is 11.6 Å². The van der Waals surface area contributed by atoms with Gasteiger partial charge in [-0.05, 0) is 46.7 Å². The van der Waals surface area contributed by atoms with Gasteiger partial charge in [-0.25, -0.2) is 0 Å². The lowest BCUT2D eigenvalue weighted by molar-refractivity contribution is -0.135. The predicted molar refractivity (Wildman–Crippen MR) is 121 cm³/mol. The van der Waals surface area contributed by atoms with Crippen molar-refractivity contribution in [2.45, 2.75) is 33.2 Å². The molecule has 0 saturated carbocycles. The number of carbonyl (C=O) groups excluding carboxylic acids is 2. The highest BCUT2D eigenvalue weighted by Crippen LogP contribution is 2.30. The van der Waals surface area contributed by atoms with Crippen molar-refractivity contribution < 1.29 is 14.7 Å². The topological polar surface area (TPSA) is 57.6 Å². The highest BCUT2D eigenvalue weighted by molar-refractivity contribution is 5.94. The fourth-order valence-electron chi connectivity index (χ4n) is 3.68. The first-order valence-corrected chi connectivity index (χ1v) is 10.4. The van der Waals surface area contributed by atoms with Crippen LogP contribution in [0, 0.1) is 5.92 Å². The standard InChI is InChI=1S/C26H29NO3/c1-19(2)26(30)27(16-15-23-13-12-22-5-3-4-6-25(22)23)17-21-9-7-20(8-10-21)11-14-24(29)18-28/h3-11,13-14,19,28H,12,15-18H2,1-2H3/b14-11+. The maximum Gasteiger partial charge on any atom is 0.225 e. The van der Waals surface area contributed by atoms with E-state index in [2.05, 4.69) is 30.3 Å². The first-order valence-electron chi connectivity index (χ1n) is 10.4. The van der Waals surface area contributed by atoms with E-state index in [0.717, 1.165) is 24.0 Å². The van der Waals surface area contributed by atoms with Gasteiger partial charge in [0.2, 0.25) is 5.91 Å². The van der Waals surface area contributed by atoms with Crippen LogP contribution in [0.5, 0.6) is 0 Å². The minimum atomic E-state index is -0.484. The van der Waals surface area contributed by atoms with E-state index in [1.165, 1.54) is 22.8 Å². The Hall–Kier alpha value is -2.98. The van der Waals surface area contributed by atoms with Crippen LogP contribution in [-0.2, 0) is 22.6 Å². The Morgan fingerprint density at radius 3 is 2.53 bits per heavy atom. The quantitative estimate of drug-likeness (QED) is 0.636. The zero-order valence-corrected chi connectivity index (χ0v) is 17.7. The molecular formula is C26H29NO3. The lowest BCUT2D eigenvalue weighted by atomic mass is 10.0. The van der Waals surface area contributed by atoms with Crippen LogP contribution < -0.4 is 0 Å². The molecule has 4 heteroatoms. The van der Waals surface area contributed by atoms with Gasteiger partial charge in [-0.3, -0.25) is 9.59 Å². The van der Waals surface area contributed by atoms with Gasteiger partial charge in [0.05, 0.1) is 0 Å². The predicted octanol–water partition coefficient (Wildman–Crippen LogP) is 4.28. The van der Waals surface area contributed by atoms with E-state index in [1.807, 2.05) is 43.0 Å². The van der Waals surface area contributed by atoms with Gasteiger partial charge in [0.1, 0.15) is 6.61 Å². The molecule has 1 N–H and O–H groups in total. The molecule has 2 aromatic carbocycles. The summed E-state index contributed by atoms with van der Waals surface area (Å²) in [5, 5.41) is 8.79. The molecule has 0 unspecified atom stereocenters. The third-order valence-electron chi connectivity index (χ3n) is 5.36. The number of nitrogens with zero attached hydrogens (tertiary/aromatic N) is 1. The fourth-order valence-corrected chi connectivity index (χ4v) is 3.68. The molecule has 3 rings (SSSR count). The van der Waals surface area contributed by atoms with E-state index >= 15 is 0 Å². The normalized spacial score (nSPS) is 12.9. The Kier molecular flexibility index (Phi) is 7.36. The van der Waals surface area contributed by atoms with Gasteiger partial charge in [0.15, 0.2) is 5.78 Å². The van der Waals surface area contributed by atoms with Crippen LogP contribution in [0.15, 0.2) is 60.7 Å². The summed E-state index contributed by atoms with van der Waals surface area (Å²) < 4.78 is 0. The third-order valence-corrected chi connectivity index (χ3v) is 5.36. The summed E-state index contributed by atoms with van der Waals surface area (Å²) in [5.74, 6) is -0.225. The molecule has 0 aromatic heterocycles. The Morgan fingerprint density at radius 1 is 1.10 bits per heavy atom. The number of allylic oxidation sites excluding steroid dienone is 1. The number of aliphatic hydroxyl groups excluding tert-OH is 1. The van der Waals surface area contributed by atoms with Gasteiger partial charge in [0.25, 0.3) is 0 Å². The summed E-state index contributed by atoms with van der Waals surface area (Å²) in [7, 11) is 0. The second kappa shape index (κ2) is 10.2. The molecular weight excluding hydrogens is 374 g/mol. The molecule has 0 aliphatic heterocycles. The van der Waals surface area contributed by atoms with Crippen molar-refractivity contribution in [3.05, 3.63) is 82.9 Å². The number of rotatable bonds is 9. The number of amides is 1. The molecule has 0 atom stereocenters. The van der Waals surface area contributed by atoms with Crippen molar-refractivity contribution in [2.24, 2.45) is 5.92 Å². The van der Waals surface area contributed by atoms with E-state index in [9.17, 15) is 9.59 Å². The number of fused-ring (bicyclic) bond motifs is 1. The van der Waals surface area contributed by atoms with Crippen molar-refractivity contribution in [1.29, 1.82) is 0 Å². The minimum Gasteiger partial charge on any atom is -0.388 e. The van der Waals surface area contributed by atoms with E-state index in [0.29, 0.717) is 13.1 Å². The zero-order valence-electron chi connectivity index (χ0n) is 17.7. The Morgan fingerprint density at radius 2 is 1.83 bits per heavy atom. The SMILES string of the molecule is CC(C)C(=O)N(CCC1=CCc2ccccc21)Cc1ccc(/C=C/C(=O)CO)cc1. The fraction of sp³-hybridized carbons (Fsp3) is 0.308. The van der Waals surface area contributed by atoms with Crippen molar-refractivity contribution in [1.82, 2.24) is 4.90 Å². The average molecular weight is 404 g/mol. The maximum atomic E-state index is 12.8. The molecule has 0 heterocycles. The van der Waals surface area contributed by atoms with Crippen LogP contribution >= 0.6 is 0 Å². The molecule has 0 fully saturated rings. The monoisotopic (exact) mass is 403 g/mol. The molecule has 156 valence electrons. The largest absolute Gasteiger partial charge is 0.388 e. The molecule has 1 aliphatic carbocycles. The van der Waals surface area contributed by atoms with E-state index in [4.69, 9.17) is 5.11 Å². The van der Waals surface area contributed by atoms with Crippen molar-refractivity contribution in [2.75, 3.05) is 13.2 Å². The number of hydrogen-bond acceptors (Lipinski definition) is 3. The van der Waals surface area contributed by atoms with Gasteiger partial charge in [-0.2, -0.15) is 0 Å². The van der Waals surface area contributed by atoms with Crippen LogP contribution in [0.1, 0.15) is 42.5 Å². The number of hydrogen-bond donors (Lipinski definition) is 1. The van der Waals surface area contributed by atoms with Gasteiger partial charge < -0.3 is 10.0 Å². The molecule has 1 aliphatic rings. The molecule has 0 bridgehead atoms. The van der Waals surface area contributed by atoms with Gasteiger partial charge in [0, 0.05) is 19.0 Å². The minimum absolute atomic E-state index is 0.0541. The zero-order chi connectivity index (χ0) is 21.5. The lowest BCUT2D eigenvalue weighted by Crippen LogP contribution is -2.34. The van der Waals surface area contributed by atoms with E-state index in [1.54, 1.807) is 6.08 Å². The molecule has 30 heavy (non-hydrogen) atoms. The lowest BCUT2D eigenvalue weighted by Gasteiger charge is -2.25. The van der Waals surface area contributed by atoms with Crippen molar-refractivity contribution in [3.63, 3.8) is 0 Å². The summed E-state index contributed by atoms with van der Waals surface area (Å²) >= 11 is 0. The van der Waals surface area contributed by atoms with Gasteiger partial charge in [-0.1, -0.05) is 74.5 Å². The maximum absolute atomic E-state index is 12.8. The summed E-state index contributed by atoms with van der Waals surface area (Å²) in [5.41, 5.74) is 5.92. The number of benzene rings is 2. The van der Waals surface area contributed by atoms with Crippen LogP contribution in [0.3, 0.4) is 0 Å². The Bertz CT molecular complexity index is 954. The first-order chi connectivity index (χ1) is 14.5. The van der Waals surface area contributed by atoms with Crippen molar-refractivity contribution >= 4 is 23.3 Å². The summed E-state index contributed by atoms with van der Waals surface area (Å²) in [6.07, 6.45) is 7.15. The van der Waals surface area contributed by atoms with Crippen molar-refractivity contribution in [3.8, 4) is 0 Å². The Balaban J connectivity index is 1.67. The molecule has 0 saturated heterocycles. The third kappa shape index (κ3) is 5.55. The number of carbonyl (C=O) groups is 2. The van der Waals surface area contributed by atoms with Crippen LogP contribution in [0.2, 0.25) is 0 Å². The van der Waals surface area contributed by atoms with E-state index in [-0.39, 0.29) is 17.6 Å². The Labute approximate surface area is 178 Å². The highest BCUT2D eigenvalue weighted by atomic mass is 16.3. The number of aliphatic hydroxyl groups is 1. The van der Waals surface area contributed by atoms with E-state index < -0.39 is 6.61 Å². The van der Waals surface area contributed by atoms with Crippen LogP contribution in [-0.4, -0.2) is 34.8 Å².